The Labute approximate surface area is 114 Å². The minimum atomic E-state index is -0.266. The third-order valence-electron chi connectivity index (χ3n) is 4.02. The normalized spacial score (nSPS) is 23.6. The van der Waals surface area contributed by atoms with Crippen molar-refractivity contribution in [2.75, 3.05) is 18.4 Å². The predicted molar refractivity (Wildman–Crippen MR) is 76.1 cm³/mol. The molecule has 5 heteroatoms. The molecular weight excluding hydrogens is 240 g/mol. The van der Waals surface area contributed by atoms with Crippen LogP contribution in [0.3, 0.4) is 0 Å². The van der Waals surface area contributed by atoms with Gasteiger partial charge in [0, 0.05) is 18.8 Å². The van der Waals surface area contributed by atoms with Crippen LogP contribution in [0.1, 0.15) is 46.1 Å². The number of piperidine rings is 1. The van der Waals surface area contributed by atoms with Crippen LogP contribution >= 0.6 is 0 Å². The zero-order chi connectivity index (χ0) is 13.9. The van der Waals surface area contributed by atoms with Gasteiger partial charge in [0.2, 0.25) is 5.91 Å². The molecule has 1 aliphatic heterocycles. The summed E-state index contributed by atoms with van der Waals surface area (Å²) in [6.45, 7) is 8.01. The third-order valence-corrected chi connectivity index (χ3v) is 4.02. The fraction of sp³-hybridized carbons (Fsp3) is 0.714. The third kappa shape index (κ3) is 2.97. The second-order valence-corrected chi connectivity index (χ2v) is 5.67. The molecule has 1 fully saturated rings. The van der Waals surface area contributed by atoms with Crippen molar-refractivity contribution in [2.24, 2.45) is 5.41 Å². The van der Waals surface area contributed by atoms with Crippen LogP contribution in [0.4, 0.5) is 5.69 Å². The van der Waals surface area contributed by atoms with E-state index in [4.69, 9.17) is 0 Å². The van der Waals surface area contributed by atoms with Crippen LogP contribution in [0, 0.1) is 5.41 Å². The lowest BCUT2D eigenvalue weighted by Crippen LogP contribution is -2.47. The molecule has 106 valence electrons. The SMILES string of the molecule is CCC1(C(=O)Nc2cnn(C(C)C)c2)CCCNC1. The Bertz CT molecular complexity index is 432. The number of nitrogens with zero attached hydrogens (tertiary/aromatic N) is 2. The van der Waals surface area contributed by atoms with E-state index in [2.05, 4.69) is 36.5 Å². The molecule has 1 saturated heterocycles. The van der Waals surface area contributed by atoms with Crippen molar-refractivity contribution in [3.8, 4) is 0 Å². The Kier molecular flexibility index (Phi) is 4.24. The summed E-state index contributed by atoms with van der Waals surface area (Å²) in [4.78, 5) is 12.5. The van der Waals surface area contributed by atoms with Crippen LogP contribution in [-0.4, -0.2) is 28.8 Å². The van der Waals surface area contributed by atoms with Gasteiger partial charge in [-0.2, -0.15) is 5.10 Å². The van der Waals surface area contributed by atoms with Gasteiger partial charge in [0.05, 0.1) is 17.3 Å². The first-order valence-corrected chi connectivity index (χ1v) is 7.14. The van der Waals surface area contributed by atoms with E-state index < -0.39 is 0 Å². The molecule has 0 aliphatic carbocycles. The first-order chi connectivity index (χ1) is 9.07. The molecule has 0 radical (unpaired) electrons. The van der Waals surface area contributed by atoms with Crippen molar-refractivity contribution in [3.63, 3.8) is 0 Å². The van der Waals surface area contributed by atoms with Crippen LogP contribution in [0.15, 0.2) is 12.4 Å². The van der Waals surface area contributed by atoms with Crippen molar-refractivity contribution >= 4 is 11.6 Å². The monoisotopic (exact) mass is 264 g/mol. The summed E-state index contributed by atoms with van der Waals surface area (Å²) < 4.78 is 1.85. The average Bonchev–Trinajstić information content (AvgIpc) is 2.88. The van der Waals surface area contributed by atoms with Crippen LogP contribution in [0.5, 0.6) is 0 Å². The molecule has 1 atom stereocenters. The van der Waals surface area contributed by atoms with E-state index in [1.807, 2.05) is 10.9 Å². The highest BCUT2D eigenvalue weighted by Crippen LogP contribution is 2.31. The average molecular weight is 264 g/mol. The highest BCUT2D eigenvalue weighted by Gasteiger charge is 2.37. The summed E-state index contributed by atoms with van der Waals surface area (Å²) in [5.74, 6) is 0.116. The Hall–Kier alpha value is -1.36. The lowest BCUT2D eigenvalue weighted by molar-refractivity contribution is -0.126. The summed E-state index contributed by atoms with van der Waals surface area (Å²) in [5.41, 5.74) is 0.523. The number of amides is 1. The fourth-order valence-electron chi connectivity index (χ4n) is 2.57. The molecule has 0 saturated carbocycles. The second kappa shape index (κ2) is 5.74. The quantitative estimate of drug-likeness (QED) is 0.876. The van der Waals surface area contributed by atoms with Gasteiger partial charge in [0.1, 0.15) is 0 Å². The number of hydrogen-bond acceptors (Lipinski definition) is 3. The molecular formula is C14H24N4O. The highest BCUT2D eigenvalue weighted by molar-refractivity contribution is 5.95. The lowest BCUT2D eigenvalue weighted by atomic mass is 9.77. The molecule has 2 heterocycles. The molecule has 19 heavy (non-hydrogen) atoms. The molecule has 5 nitrogen and oxygen atoms in total. The summed E-state index contributed by atoms with van der Waals surface area (Å²) >= 11 is 0. The van der Waals surface area contributed by atoms with Gasteiger partial charge in [-0.1, -0.05) is 6.92 Å². The van der Waals surface area contributed by atoms with Gasteiger partial charge in [-0.05, 0) is 39.7 Å². The Morgan fingerprint density at radius 1 is 1.63 bits per heavy atom. The van der Waals surface area contributed by atoms with Crippen molar-refractivity contribution in [1.29, 1.82) is 0 Å². The first-order valence-electron chi connectivity index (χ1n) is 7.14. The molecule has 0 spiro atoms. The van der Waals surface area contributed by atoms with Crippen LogP contribution in [-0.2, 0) is 4.79 Å². The van der Waals surface area contributed by atoms with E-state index in [9.17, 15) is 4.79 Å². The van der Waals surface area contributed by atoms with Crippen LogP contribution < -0.4 is 10.6 Å². The Morgan fingerprint density at radius 2 is 2.42 bits per heavy atom. The van der Waals surface area contributed by atoms with Crippen molar-refractivity contribution in [2.45, 2.75) is 46.1 Å². The van der Waals surface area contributed by atoms with Crippen molar-refractivity contribution in [1.82, 2.24) is 15.1 Å². The topological polar surface area (TPSA) is 59.0 Å². The molecule has 2 N–H and O–H groups in total. The maximum Gasteiger partial charge on any atom is 0.231 e. The van der Waals surface area contributed by atoms with E-state index >= 15 is 0 Å². The van der Waals surface area contributed by atoms with Gasteiger partial charge in [0.25, 0.3) is 0 Å². The number of nitrogens with one attached hydrogen (secondary N) is 2. The number of rotatable bonds is 4. The maximum absolute atomic E-state index is 12.5. The smallest absolute Gasteiger partial charge is 0.231 e. The molecule has 1 amide bonds. The minimum Gasteiger partial charge on any atom is -0.323 e. The predicted octanol–water partition coefficient (Wildman–Crippen LogP) is 2.18. The number of aromatic nitrogens is 2. The zero-order valence-electron chi connectivity index (χ0n) is 12.1. The van der Waals surface area contributed by atoms with Crippen molar-refractivity contribution < 1.29 is 4.79 Å². The minimum absolute atomic E-state index is 0.116. The van der Waals surface area contributed by atoms with E-state index in [1.165, 1.54) is 0 Å². The van der Waals surface area contributed by atoms with E-state index in [1.54, 1.807) is 6.20 Å². The maximum atomic E-state index is 12.5. The molecule has 0 bridgehead atoms. The van der Waals surface area contributed by atoms with Crippen LogP contribution in [0.2, 0.25) is 0 Å². The van der Waals surface area contributed by atoms with Gasteiger partial charge in [-0.25, -0.2) is 0 Å². The Balaban J connectivity index is 2.06. The summed E-state index contributed by atoms with van der Waals surface area (Å²) in [7, 11) is 0. The summed E-state index contributed by atoms with van der Waals surface area (Å²) in [6, 6.07) is 0.308. The molecule has 1 aromatic rings. The standard InChI is InChI=1S/C14H24N4O/c1-4-14(6-5-7-15-10-14)13(19)17-12-8-16-18(9-12)11(2)3/h8-9,11,15H,4-7,10H2,1-3H3,(H,17,19). The largest absolute Gasteiger partial charge is 0.323 e. The first kappa shape index (κ1) is 14.1. The zero-order valence-corrected chi connectivity index (χ0v) is 12.1. The van der Waals surface area contributed by atoms with Crippen LogP contribution in [0.25, 0.3) is 0 Å². The second-order valence-electron chi connectivity index (χ2n) is 5.67. The number of carbonyl (C=O) groups is 1. The summed E-state index contributed by atoms with van der Waals surface area (Å²) in [5, 5.41) is 10.6. The fourth-order valence-corrected chi connectivity index (χ4v) is 2.57. The van der Waals surface area contributed by atoms with E-state index in [0.717, 1.165) is 38.0 Å². The van der Waals surface area contributed by atoms with E-state index in [0.29, 0.717) is 6.04 Å². The molecule has 1 aromatic heterocycles. The van der Waals surface area contributed by atoms with E-state index in [-0.39, 0.29) is 11.3 Å². The van der Waals surface area contributed by atoms with Gasteiger partial charge in [-0.15, -0.1) is 0 Å². The number of carbonyl (C=O) groups excluding carboxylic acids is 1. The Morgan fingerprint density at radius 3 is 2.95 bits per heavy atom. The van der Waals surface area contributed by atoms with Gasteiger partial charge in [-0.3, -0.25) is 9.48 Å². The molecule has 1 unspecified atom stereocenters. The van der Waals surface area contributed by atoms with Crippen molar-refractivity contribution in [3.05, 3.63) is 12.4 Å². The van der Waals surface area contributed by atoms with Gasteiger partial charge in [0.15, 0.2) is 0 Å². The van der Waals surface area contributed by atoms with Gasteiger partial charge < -0.3 is 10.6 Å². The summed E-state index contributed by atoms with van der Waals surface area (Å²) in [6.07, 6.45) is 6.50. The number of hydrogen-bond donors (Lipinski definition) is 2. The molecule has 0 aromatic carbocycles. The molecule has 2 rings (SSSR count). The highest BCUT2D eigenvalue weighted by atomic mass is 16.2. The molecule has 1 aliphatic rings. The van der Waals surface area contributed by atoms with Gasteiger partial charge >= 0.3 is 0 Å². The number of anilines is 1. The lowest BCUT2D eigenvalue weighted by Gasteiger charge is -2.35.